The lowest BCUT2D eigenvalue weighted by atomic mass is 9.94. The van der Waals surface area contributed by atoms with Gasteiger partial charge in [-0.1, -0.05) is 72.8 Å². The van der Waals surface area contributed by atoms with Gasteiger partial charge in [0, 0.05) is 11.1 Å². The van der Waals surface area contributed by atoms with Crippen molar-refractivity contribution in [3.05, 3.63) is 95.6 Å². The summed E-state index contributed by atoms with van der Waals surface area (Å²) in [5.41, 5.74) is 1.69. The number of halogens is 2. The molecule has 0 fully saturated rings. The summed E-state index contributed by atoms with van der Waals surface area (Å²) in [5, 5.41) is 0. The first kappa shape index (κ1) is 17.1. The Kier molecular flexibility index (Phi) is 4.07. The van der Waals surface area contributed by atoms with Crippen molar-refractivity contribution in [3.8, 4) is 11.1 Å². The Balaban J connectivity index is 1.63. The van der Waals surface area contributed by atoms with E-state index in [-0.39, 0.29) is 16.7 Å². The van der Waals surface area contributed by atoms with Gasteiger partial charge in [-0.2, -0.15) is 8.78 Å². The Morgan fingerprint density at radius 3 is 2.11 bits per heavy atom. The van der Waals surface area contributed by atoms with Crippen LogP contribution in [0.3, 0.4) is 0 Å². The van der Waals surface area contributed by atoms with Gasteiger partial charge in [-0.05, 0) is 17.2 Å². The van der Waals surface area contributed by atoms with Crippen LogP contribution >= 0.6 is 0 Å². The van der Waals surface area contributed by atoms with Gasteiger partial charge in [-0.15, -0.1) is 0 Å². The van der Waals surface area contributed by atoms with E-state index in [0.717, 1.165) is 11.1 Å². The van der Waals surface area contributed by atoms with Crippen LogP contribution in [-0.4, -0.2) is 17.7 Å². The number of ketones is 1. The Hall–Kier alpha value is -3.34. The number of Topliss-reactive ketones (excluding diaryl/α,β-unsaturated/α-hetero) is 1. The molecule has 4 rings (SSSR count). The second-order valence-corrected chi connectivity index (χ2v) is 6.27. The Morgan fingerprint density at radius 1 is 0.815 bits per heavy atom. The zero-order chi connectivity index (χ0) is 19.0. The summed E-state index contributed by atoms with van der Waals surface area (Å²) in [6, 6.07) is 21.2. The second-order valence-electron chi connectivity index (χ2n) is 6.27. The molecule has 0 saturated carbocycles. The summed E-state index contributed by atoms with van der Waals surface area (Å²) in [5.74, 6) is -6.09. The van der Waals surface area contributed by atoms with Crippen molar-refractivity contribution < 1.29 is 23.1 Å². The molecular weight excluding hydrogens is 350 g/mol. The average Bonchev–Trinajstić information content (AvgIpc) is 3.06. The van der Waals surface area contributed by atoms with Crippen LogP contribution in [0, 0.1) is 0 Å². The SMILES string of the molecule is O=C1O[C@@H](C(F)(F)C(=O)c2ccc(-c3ccccc3)cc2)c2ccccc21. The normalized spacial score (nSPS) is 15.9. The quantitative estimate of drug-likeness (QED) is 0.479. The third-order valence-electron chi connectivity index (χ3n) is 4.57. The molecule has 1 aliphatic rings. The summed E-state index contributed by atoms with van der Waals surface area (Å²) in [6.45, 7) is 0. The highest BCUT2D eigenvalue weighted by atomic mass is 19.3. The van der Waals surface area contributed by atoms with E-state index in [1.165, 1.54) is 30.3 Å². The lowest BCUT2D eigenvalue weighted by molar-refractivity contribution is -0.0820. The van der Waals surface area contributed by atoms with Gasteiger partial charge in [-0.3, -0.25) is 4.79 Å². The van der Waals surface area contributed by atoms with Crippen LogP contribution in [0.1, 0.15) is 32.4 Å². The van der Waals surface area contributed by atoms with E-state index in [2.05, 4.69) is 0 Å². The summed E-state index contributed by atoms with van der Waals surface area (Å²) in [7, 11) is 0. The Morgan fingerprint density at radius 2 is 1.41 bits per heavy atom. The van der Waals surface area contributed by atoms with Gasteiger partial charge in [0.1, 0.15) is 0 Å². The first-order chi connectivity index (χ1) is 13.0. The number of esters is 1. The van der Waals surface area contributed by atoms with E-state index in [4.69, 9.17) is 4.74 Å². The maximum atomic E-state index is 14.9. The minimum Gasteiger partial charge on any atom is -0.447 e. The van der Waals surface area contributed by atoms with Crippen LogP contribution in [0.5, 0.6) is 0 Å². The highest BCUT2D eigenvalue weighted by Gasteiger charge is 2.54. The summed E-state index contributed by atoms with van der Waals surface area (Å²) < 4.78 is 34.5. The molecule has 0 saturated heterocycles. The molecule has 1 aliphatic heterocycles. The van der Waals surface area contributed by atoms with Gasteiger partial charge in [0.2, 0.25) is 5.78 Å². The van der Waals surface area contributed by atoms with Gasteiger partial charge in [0.15, 0.2) is 6.10 Å². The molecule has 134 valence electrons. The maximum absolute atomic E-state index is 14.9. The third kappa shape index (κ3) is 2.91. The predicted octanol–water partition coefficient (Wildman–Crippen LogP) is 5.08. The van der Waals surface area contributed by atoms with E-state index >= 15 is 0 Å². The van der Waals surface area contributed by atoms with Gasteiger partial charge in [-0.25, -0.2) is 4.79 Å². The molecular formula is C22H14F2O3. The molecule has 0 unspecified atom stereocenters. The molecule has 0 aromatic heterocycles. The molecule has 1 atom stereocenters. The molecule has 0 aliphatic carbocycles. The van der Waals surface area contributed by atoms with Gasteiger partial charge in [0.05, 0.1) is 5.56 Å². The molecule has 27 heavy (non-hydrogen) atoms. The summed E-state index contributed by atoms with van der Waals surface area (Å²) in [6.07, 6.45) is -1.91. The number of fused-ring (bicyclic) bond motifs is 1. The molecule has 0 N–H and O–H groups in total. The van der Waals surface area contributed by atoms with Crippen LogP contribution in [0.15, 0.2) is 78.9 Å². The molecule has 0 bridgehead atoms. The molecule has 0 radical (unpaired) electrons. The smallest absolute Gasteiger partial charge is 0.349 e. The summed E-state index contributed by atoms with van der Waals surface area (Å²) in [4.78, 5) is 24.3. The number of ether oxygens (including phenoxy) is 1. The number of benzene rings is 3. The van der Waals surface area contributed by atoms with Crippen molar-refractivity contribution in [1.82, 2.24) is 0 Å². The van der Waals surface area contributed by atoms with Crippen molar-refractivity contribution in [1.29, 1.82) is 0 Å². The number of hydrogen-bond acceptors (Lipinski definition) is 3. The molecule has 0 spiro atoms. The molecule has 0 amide bonds. The third-order valence-corrected chi connectivity index (χ3v) is 4.57. The molecule has 5 heteroatoms. The van der Waals surface area contributed by atoms with Crippen molar-refractivity contribution in [3.63, 3.8) is 0 Å². The van der Waals surface area contributed by atoms with E-state index in [1.54, 1.807) is 18.2 Å². The molecule has 3 aromatic carbocycles. The minimum absolute atomic E-state index is 0.0294. The van der Waals surface area contributed by atoms with Crippen molar-refractivity contribution in [2.45, 2.75) is 12.0 Å². The molecule has 3 nitrogen and oxygen atoms in total. The fourth-order valence-corrected chi connectivity index (χ4v) is 3.17. The number of rotatable bonds is 4. The van der Waals surface area contributed by atoms with Crippen molar-refractivity contribution in [2.75, 3.05) is 0 Å². The van der Waals surface area contributed by atoms with E-state index in [0.29, 0.717) is 0 Å². The molecule has 3 aromatic rings. The first-order valence-electron chi connectivity index (χ1n) is 8.36. The minimum atomic E-state index is -3.86. The van der Waals surface area contributed by atoms with Gasteiger partial charge >= 0.3 is 11.9 Å². The van der Waals surface area contributed by atoms with Gasteiger partial charge in [0.25, 0.3) is 0 Å². The highest BCUT2D eigenvalue weighted by molar-refractivity contribution is 6.03. The Labute approximate surface area is 154 Å². The van der Waals surface area contributed by atoms with Crippen LogP contribution in [-0.2, 0) is 4.74 Å². The van der Waals surface area contributed by atoms with Crippen molar-refractivity contribution >= 4 is 11.8 Å². The second kappa shape index (κ2) is 6.43. The number of carbonyl (C=O) groups excluding carboxylic acids is 2. The average molecular weight is 364 g/mol. The zero-order valence-corrected chi connectivity index (χ0v) is 14.1. The standard InChI is InChI=1S/C22H14F2O3/c23-22(24,20-17-8-4-5-9-18(17)21(26)27-20)19(25)16-12-10-15(11-13-16)14-6-2-1-3-7-14/h1-13,20H/t20-/m1/s1. The Bertz CT molecular complexity index is 1010. The zero-order valence-electron chi connectivity index (χ0n) is 14.1. The van der Waals surface area contributed by atoms with Crippen LogP contribution < -0.4 is 0 Å². The largest absolute Gasteiger partial charge is 0.447 e. The number of cyclic esters (lactones) is 1. The number of hydrogen-bond donors (Lipinski definition) is 0. The van der Waals surface area contributed by atoms with E-state index < -0.39 is 23.8 Å². The number of carbonyl (C=O) groups is 2. The van der Waals surface area contributed by atoms with E-state index in [9.17, 15) is 18.4 Å². The van der Waals surface area contributed by atoms with Crippen LogP contribution in [0.2, 0.25) is 0 Å². The topological polar surface area (TPSA) is 43.4 Å². The fourth-order valence-electron chi connectivity index (χ4n) is 3.17. The van der Waals surface area contributed by atoms with Crippen molar-refractivity contribution in [2.24, 2.45) is 0 Å². The lowest BCUT2D eigenvalue weighted by Crippen LogP contribution is -2.36. The van der Waals surface area contributed by atoms with Crippen LogP contribution in [0.4, 0.5) is 8.78 Å². The monoisotopic (exact) mass is 364 g/mol. The van der Waals surface area contributed by atoms with E-state index in [1.807, 2.05) is 30.3 Å². The fraction of sp³-hybridized carbons (Fsp3) is 0.0909. The predicted molar refractivity (Wildman–Crippen MR) is 95.8 cm³/mol. The van der Waals surface area contributed by atoms with Gasteiger partial charge < -0.3 is 4.74 Å². The number of alkyl halides is 2. The van der Waals surface area contributed by atoms with Crippen LogP contribution in [0.25, 0.3) is 11.1 Å². The maximum Gasteiger partial charge on any atom is 0.349 e. The first-order valence-corrected chi connectivity index (χ1v) is 8.36. The highest BCUT2D eigenvalue weighted by Crippen LogP contribution is 2.43. The molecule has 1 heterocycles. The lowest BCUT2D eigenvalue weighted by Gasteiger charge is -2.21. The summed E-state index contributed by atoms with van der Waals surface area (Å²) >= 11 is 0.